The van der Waals surface area contributed by atoms with E-state index in [-0.39, 0.29) is 0 Å². The van der Waals surface area contributed by atoms with E-state index in [1.54, 1.807) is 25.3 Å². The quantitative estimate of drug-likeness (QED) is 0.772. The van der Waals surface area contributed by atoms with E-state index >= 15 is 0 Å². The van der Waals surface area contributed by atoms with Crippen LogP contribution in [0.25, 0.3) is 0 Å². The van der Waals surface area contributed by atoms with Crippen LogP contribution in [-0.2, 0) is 6.42 Å². The zero-order valence-electron chi connectivity index (χ0n) is 12.0. The van der Waals surface area contributed by atoms with Crippen LogP contribution in [0.5, 0.6) is 5.75 Å². The first-order valence-corrected chi connectivity index (χ1v) is 7.88. The van der Waals surface area contributed by atoms with Gasteiger partial charge in [-0.2, -0.15) is 0 Å². The molecule has 0 aromatic heterocycles. The van der Waals surface area contributed by atoms with Gasteiger partial charge in [0, 0.05) is 16.6 Å². The van der Waals surface area contributed by atoms with E-state index < -0.39 is 0 Å². The lowest BCUT2D eigenvalue weighted by molar-refractivity contribution is 0.417. The van der Waals surface area contributed by atoms with Crippen LogP contribution in [-0.4, -0.2) is 18.8 Å². The smallest absolute Gasteiger partial charge is 0.170 e. The van der Waals surface area contributed by atoms with Crippen LogP contribution in [0.15, 0.2) is 42.5 Å². The molecule has 0 heterocycles. The van der Waals surface area contributed by atoms with Gasteiger partial charge in [0.25, 0.3) is 0 Å². The van der Waals surface area contributed by atoms with E-state index in [2.05, 4.69) is 10.6 Å². The molecule has 0 aliphatic rings. The van der Waals surface area contributed by atoms with Gasteiger partial charge in [-0.25, -0.2) is 0 Å². The van der Waals surface area contributed by atoms with Gasteiger partial charge in [0.05, 0.1) is 12.8 Å². The molecule has 2 aromatic carbocycles. The molecule has 22 heavy (non-hydrogen) atoms. The summed E-state index contributed by atoms with van der Waals surface area (Å²) in [6.07, 6.45) is 0.853. The molecule has 0 atom stereocenters. The molecule has 0 aliphatic carbocycles. The van der Waals surface area contributed by atoms with Crippen molar-refractivity contribution in [1.82, 2.24) is 5.32 Å². The van der Waals surface area contributed by atoms with Crippen molar-refractivity contribution in [3.63, 3.8) is 0 Å². The molecule has 0 fully saturated rings. The first-order chi connectivity index (χ1) is 10.6. The molecule has 0 bridgehead atoms. The van der Waals surface area contributed by atoms with Crippen molar-refractivity contribution < 1.29 is 4.74 Å². The Morgan fingerprint density at radius 2 is 1.77 bits per heavy atom. The van der Waals surface area contributed by atoms with E-state index in [0.717, 1.165) is 23.7 Å². The van der Waals surface area contributed by atoms with E-state index in [4.69, 9.17) is 40.2 Å². The number of hydrogen-bond donors (Lipinski definition) is 2. The summed E-state index contributed by atoms with van der Waals surface area (Å²) in [5.74, 6) is 0.686. The highest BCUT2D eigenvalue weighted by atomic mass is 35.5. The number of ether oxygens (including phenoxy) is 1. The first kappa shape index (κ1) is 16.9. The van der Waals surface area contributed by atoms with Gasteiger partial charge in [-0.15, -0.1) is 0 Å². The van der Waals surface area contributed by atoms with Gasteiger partial charge in [-0.1, -0.05) is 35.3 Å². The highest BCUT2D eigenvalue weighted by molar-refractivity contribution is 7.80. The minimum absolute atomic E-state index is 0.523. The highest BCUT2D eigenvalue weighted by Crippen LogP contribution is 2.27. The van der Waals surface area contributed by atoms with Crippen LogP contribution in [0, 0.1) is 0 Å². The summed E-state index contributed by atoms with van der Waals surface area (Å²) >= 11 is 17.1. The number of thiocarbonyl (C=S) groups is 1. The van der Waals surface area contributed by atoms with Crippen molar-refractivity contribution in [3.8, 4) is 5.75 Å². The first-order valence-electron chi connectivity index (χ1n) is 6.71. The van der Waals surface area contributed by atoms with E-state index in [1.807, 2.05) is 24.3 Å². The molecular formula is C16H16Cl2N2OS. The third-order valence-corrected chi connectivity index (χ3v) is 3.76. The Kier molecular flexibility index (Phi) is 6.31. The zero-order valence-corrected chi connectivity index (χ0v) is 14.4. The molecule has 3 nitrogen and oxygen atoms in total. The van der Waals surface area contributed by atoms with Crippen LogP contribution in [0.1, 0.15) is 5.56 Å². The Morgan fingerprint density at radius 3 is 2.45 bits per heavy atom. The monoisotopic (exact) mass is 354 g/mol. The number of benzene rings is 2. The van der Waals surface area contributed by atoms with Crippen LogP contribution < -0.4 is 15.4 Å². The SMILES string of the molecule is COc1ccc(Cl)cc1NC(=S)NCCc1ccc(Cl)cc1. The summed E-state index contributed by atoms with van der Waals surface area (Å²) in [5.41, 5.74) is 1.93. The Hall–Kier alpha value is -1.49. The Bertz CT molecular complexity index is 647. The summed E-state index contributed by atoms with van der Waals surface area (Å²) in [6, 6.07) is 13.1. The standard InChI is InChI=1S/C16H16Cl2N2OS/c1-21-15-7-6-13(18)10-14(15)20-16(22)19-9-8-11-2-4-12(17)5-3-11/h2-7,10H,8-9H2,1H3,(H2,19,20,22). The van der Waals surface area contributed by atoms with Crippen molar-refractivity contribution in [3.05, 3.63) is 58.1 Å². The van der Waals surface area contributed by atoms with Crippen molar-refractivity contribution in [2.75, 3.05) is 19.0 Å². The van der Waals surface area contributed by atoms with E-state index in [1.165, 1.54) is 5.56 Å². The van der Waals surface area contributed by atoms with Crippen molar-refractivity contribution >= 4 is 46.2 Å². The Labute approximate surface area is 145 Å². The second-order valence-electron chi connectivity index (χ2n) is 4.60. The molecular weight excluding hydrogens is 339 g/mol. The summed E-state index contributed by atoms with van der Waals surface area (Å²) in [7, 11) is 1.60. The maximum absolute atomic E-state index is 5.98. The highest BCUT2D eigenvalue weighted by Gasteiger charge is 2.05. The number of halogens is 2. The summed E-state index contributed by atoms with van der Waals surface area (Å²) < 4.78 is 5.27. The predicted molar refractivity (Wildman–Crippen MR) is 97.4 cm³/mol. The molecule has 6 heteroatoms. The molecule has 0 spiro atoms. The Balaban J connectivity index is 1.85. The van der Waals surface area contributed by atoms with E-state index in [0.29, 0.717) is 15.9 Å². The molecule has 0 unspecified atom stereocenters. The number of anilines is 1. The molecule has 0 saturated heterocycles. The normalized spacial score (nSPS) is 10.1. The molecule has 0 amide bonds. The largest absolute Gasteiger partial charge is 0.495 e. The number of methoxy groups -OCH3 is 1. The third kappa shape index (κ3) is 5.05. The molecule has 2 aromatic rings. The number of rotatable bonds is 5. The average molecular weight is 355 g/mol. The maximum atomic E-state index is 5.98. The van der Waals surface area contributed by atoms with Crippen molar-refractivity contribution in [1.29, 1.82) is 0 Å². The topological polar surface area (TPSA) is 33.3 Å². The number of hydrogen-bond acceptors (Lipinski definition) is 2. The fourth-order valence-electron chi connectivity index (χ4n) is 1.92. The lowest BCUT2D eigenvalue weighted by Gasteiger charge is -2.13. The predicted octanol–water partition coefficient (Wildman–Crippen LogP) is 4.53. The maximum Gasteiger partial charge on any atom is 0.170 e. The minimum Gasteiger partial charge on any atom is -0.495 e. The minimum atomic E-state index is 0.523. The Morgan fingerprint density at radius 1 is 1.09 bits per heavy atom. The van der Waals surface area contributed by atoms with Crippen molar-refractivity contribution in [2.45, 2.75) is 6.42 Å². The van der Waals surface area contributed by atoms with Gasteiger partial charge in [0.2, 0.25) is 0 Å². The molecule has 2 rings (SSSR count). The second kappa shape index (κ2) is 8.22. The third-order valence-electron chi connectivity index (χ3n) is 3.02. The lowest BCUT2D eigenvalue weighted by Crippen LogP contribution is -2.30. The van der Waals surface area contributed by atoms with Gasteiger partial charge in [-0.05, 0) is 54.5 Å². The number of nitrogens with one attached hydrogen (secondary N) is 2. The fourth-order valence-corrected chi connectivity index (χ4v) is 2.43. The summed E-state index contributed by atoms with van der Waals surface area (Å²) in [4.78, 5) is 0. The van der Waals surface area contributed by atoms with Crippen LogP contribution in [0.4, 0.5) is 5.69 Å². The fraction of sp³-hybridized carbons (Fsp3) is 0.188. The second-order valence-corrected chi connectivity index (χ2v) is 5.88. The van der Waals surface area contributed by atoms with Crippen molar-refractivity contribution in [2.24, 2.45) is 0 Å². The molecule has 0 aliphatic heterocycles. The van der Waals surface area contributed by atoms with Gasteiger partial charge in [0.1, 0.15) is 5.75 Å². The molecule has 0 saturated carbocycles. The van der Waals surface area contributed by atoms with Gasteiger partial charge in [-0.3, -0.25) is 0 Å². The van der Waals surface area contributed by atoms with Crippen LogP contribution >= 0.6 is 35.4 Å². The zero-order chi connectivity index (χ0) is 15.9. The van der Waals surface area contributed by atoms with Gasteiger partial charge >= 0.3 is 0 Å². The van der Waals surface area contributed by atoms with Crippen LogP contribution in [0.2, 0.25) is 10.0 Å². The van der Waals surface area contributed by atoms with Gasteiger partial charge < -0.3 is 15.4 Å². The lowest BCUT2D eigenvalue weighted by atomic mass is 10.1. The van der Waals surface area contributed by atoms with Gasteiger partial charge in [0.15, 0.2) is 5.11 Å². The molecule has 116 valence electrons. The summed E-state index contributed by atoms with van der Waals surface area (Å²) in [6.45, 7) is 0.719. The molecule has 2 N–H and O–H groups in total. The van der Waals surface area contributed by atoms with Crippen LogP contribution in [0.3, 0.4) is 0 Å². The van der Waals surface area contributed by atoms with E-state index in [9.17, 15) is 0 Å². The summed E-state index contributed by atoms with van der Waals surface area (Å²) in [5, 5.41) is 8.12. The molecule has 0 radical (unpaired) electrons. The average Bonchev–Trinajstić information content (AvgIpc) is 2.49.